The lowest BCUT2D eigenvalue weighted by Crippen LogP contribution is -2.05. The normalized spacial score (nSPS) is 15.8. The SMILES string of the molecule is CC1=Nc2ccccc2/C1=C/c1sc(=S)n(C(C)c2ccccc2)c1O. The van der Waals surface area contributed by atoms with Gasteiger partial charge >= 0.3 is 0 Å². The van der Waals surface area contributed by atoms with Gasteiger partial charge in [-0.25, -0.2) is 0 Å². The van der Waals surface area contributed by atoms with Gasteiger partial charge in [-0.05, 0) is 43.8 Å². The molecule has 3 nitrogen and oxygen atoms in total. The number of aromatic hydroxyl groups is 1. The number of fused-ring (bicyclic) bond motifs is 1. The molecule has 2 aromatic carbocycles. The molecule has 1 aliphatic heterocycles. The van der Waals surface area contributed by atoms with Crippen molar-refractivity contribution < 1.29 is 5.11 Å². The van der Waals surface area contributed by atoms with Gasteiger partial charge in [-0.15, -0.1) is 11.3 Å². The van der Waals surface area contributed by atoms with Crippen LogP contribution in [0.3, 0.4) is 0 Å². The molecule has 0 amide bonds. The zero-order valence-electron chi connectivity index (χ0n) is 14.5. The molecule has 0 bridgehead atoms. The summed E-state index contributed by atoms with van der Waals surface area (Å²) in [5, 5.41) is 10.9. The Labute approximate surface area is 161 Å². The first kappa shape index (κ1) is 16.9. The highest BCUT2D eigenvalue weighted by atomic mass is 32.1. The molecular weight excluding hydrogens is 360 g/mol. The van der Waals surface area contributed by atoms with Crippen LogP contribution < -0.4 is 0 Å². The second-order valence-corrected chi connectivity index (χ2v) is 7.96. The predicted molar refractivity (Wildman–Crippen MR) is 112 cm³/mol. The Hall–Kier alpha value is -2.50. The first-order valence-electron chi connectivity index (χ1n) is 8.42. The van der Waals surface area contributed by atoms with Crippen molar-refractivity contribution in [3.63, 3.8) is 0 Å². The number of thiazole rings is 1. The van der Waals surface area contributed by atoms with Gasteiger partial charge in [0.1, 0.15) is 0 Å². The lowest BCUT2D eigenvalue weighted by atomic mass is 10.0. The highest BCUT2D eigenvalue weighted by Gasteiger charge is 2.21. The van der Waals surface area contributed by atoms with Crippen molar-refractivity contribution >= 4 is 46.6 Å². The van der Waals surface area contributed by atoms with Gasteiger partial charge in [-0.1, -0.05) is 48.5 Å². The minimum atomic E-state index is -0.0299. The van der Waals surface area contributed by atoms with E-state index in [9.17, 15) is 5.11 Å². The first-order chi connectivity index (χ1) is 12.6. The standard InChI is InChI=1S/C21H18N2OS2/c1-13-17(16-10-6-7-11-18(16)22-13)12-19-20(24)23(21(25)26-19)14(2)15-8-4-3-5-9-15/h3-12,14,24H,1-2H3/b17-12+. The maximum atomic E-state index is 10.9. The molecule has 1 unspecified atom stereocenters. The monoisotopic (exact) mass is 378 g/mol. The Morgan fingerprint density at radius 3 is 2.58 bits per heavy atom. The summed E-state index contributed by atoms with van der Waals surface area (Å²) in [6.45, 7) is 4.04. The molecule has 4 rings (SSSR count). The van der Waals surface area contributed by atoms with Gasteiger partial charge in [-0.2, -0.15) is 0 Å². The molecule has 1 N–H and O–H groups in total. The van der Waals surface area contributed by atoms with Gasteiger partial charge in [0.15, 0.2) is 3.95 Å². The average Bonchev–Trinajstić information content (AvgIpc) is 3.11. The third-order valence-electron chi connectivity index (χ3n) is 4.66. The summed E-state index contributed by atoms with van der Waals surface area (Å²) in [6, 6.07) is 18.1. The zero-order valence-corrected chi connectivity index (χ0v) is 16.1. The Balaban J connectivity index is 1.79. The third-order valence-corrected chi connectivity index (χ3v) is 6.00. The Morgan fingerprint density at radius 2 is 1.81 bits per heavy atom. The fraction of sp³-hybridized carbons (Fsp3) is 0.143. The van der Waals surface area contributed by atoms with E-state index in [4.69, 9.17) is 12.2 Å². The number of para-hydroxylation sites is 1. The van der Waals surface area contributed by atoms with Gasteiger partial charge in [-0.3, -0.25) is 9.56 Å². The maximum Gasteiger partial charge on any atom is 0.211 e. The summed E-state index contributed by atoms with van der Waals surface area (Å²) in [5.74, 6) is 0.209. The molecule has 1 atom stereocenters. The van der Waals surface area contributed by atoms with E-state index in [1.165, 1.54) is 11.3 Å². The van der Waals surface area contributed by atoms with Crippen molar-refractivity contribution in [2.45, 2.75) is 19.9 Å². The van der Waals surface area contributed by atoms with E-state index >= 15 is 0 Å². The number of hydrogen-bond donors (Lipinski definition) is 1. The quantitative estimate of drug-likeness (QED) is 0.548. The topological polar surface area (TPSA) is 37.5 Å². The molecule has 0 saturated heterocycles. The Kier molecular flexibility index (Phi) is 4.34. The second kappa shape index (κ2) is 6.67. The van der Waals surface area contributed by atoms with Crippen molar-refractivity contribution in [2.75, 3.05) is 0 Å². The molecule has 0 radical (unpaired) electrons. The van der Waals surface area contributed by atoms with E-state index in [2.05, 4.69) is 11.1 Å². The van der Waals surface area contributed by atoms with E-state index < -0.39 is 0 Å². The van der Waals surface area contributed by atoms with Gasteiger partial charge in [0.2, 0.25) is 5.88 Å². The van der Waals surface area contributed by atoms with Crippen molar-refractivity contribution in [3.05, 3.63) is 74.6 Å². The molecule has 3 aromatic rings. The summed E-state index contributed by atoms with van der Waals surface area (Å²) >= 11 is 6.97. The Morgan fingerprint density at radius 1 is 1.12 bits per heavy atom. The average molecular weight is 379 g/mol. The van der Waals surface area contributed by atoms with Crippen molar-refractivity contribution in [1.29, 1.82) is 0 Å². The second-order valence-electron chi connectivity index (χ2n) is 6.28. The summed E-state index contributed by atoms with van der Waals surface area (Å²) in [5.41, 5.74) is 5.15. The molecule has 0 spiro atoms. The lowest BCUT2D eigenvalue weighted by Gasteiger charge is -2.15. The van der Waals surface area contributed by atoms with Crippen LogP contribution in [-0.2, 0) is 0 Å². The van der Waals surface area contributed by atoms with Crippen LogP contribution in [-0.4, -0.2) is 15.4 Å². The molecule has 1 aliphatic rings. The van der Waals surface area contributed by atoms with E-state index in [1.807, 2.05) is 73.0 Å². The van der Waals surface area contributed by atoms with Crippen molar-refractivity contribution in [3.8, 4) is 5.88 Å². The fourth-order valence-electron chi connectivity index (χ4n) is 3.26. The number of aliphatic imine (C=N–C) groups is 1. The summed E-state index contributed by atoms with van der Waals surface area (Å²) < 4.78 is 2.47. The van der Waals surface area contributed by atoms with Crippen LogP contribution in [0.2, 0.25) is 0 Å². The minimum Gasteiger partial charge on any atom is -0.493 e. The molecular formula is C21H18N2OS2. The van der Waals surface area contributed by atoms with Gasteiger partial charge < -0.3 is 5.11 Å². The first-order valence-corrected chi connectivity index (χ1v) is 9.64. The smallest absolute Gasteiger partial charge is 0.211 e. The van der Waals surface area contributed by atoms with Gasteiger partial charge in [0.25, 0.3) is 0 Å². The number of benzene rings is 2. The van der Waals surface area contributed by atoms with Crippen LogP contribution in [0.15, 0.2) is 59.6 Å². The molecule has 26 heavy (non-hydrogen) atoms. The molecule has 130 valence electrons. The molecule has 0 saturated carbocycles. The van der Waals surface area contributed by atoms with Crippen LogP contribution in [0.25, 0.3) is 11.6 Å². The van der Waals surface area contributed by atoms with E-state index in [1.54, 1.807) is 0 Å². The van der Waals surface area contributed by atoms with Crippen molar-refractivity contribution in [2.24, 2.45) is 4.99 Å². The molecule has 0 fully saturated rings. The van der Waals surface area contributed by atoms with Crippen LogP contribution in [0, 0.1) is 3.95 Å². The number of rotatable bonds is 3. The Bertz CT molecular complexity index is 1090. The fourth-order valence-corrected chi connectivity index (χ4v) is 4.67. The van der Waals surface area contributed by atoms with Crippen LogP contribution in [0.4, 0.5) is 5.69 Å². The maximum absolute atomic E-state index is 10.9. The number of hydrogen-bond acceptors (Lipinski definition) is 4. The summed E-state index contributed by atoms with van der Waals surface area (Å²) in [7, 11) is 0. The number of nitrogens with zero attached hydrogens (tertiary/aromatic N) is 2. The van der Waals surface area contributed by atoms with Crippen molar-refractivity contribution in [1.82, 2.24) is 4.57 Å². The van der Waals surface area contributed by atoms with E-state index in [-0.39, 0.29) is 11.9 Å². The minimum absolute atomic E-state index is 0.0299. The summed E-state index contributed by atoms with van der Waals surface area (Å²) in [4.78, 5) is 5.37. The molecule has 2 heterocycles. The van der Waals surface area contributed by atoms with Gasteiger partial charge in [0, 0.05) is 16.8 Å². The molecule has 1 aromatic heterocycles. The van der Waals surface area contributed by atoms with Crippen LogP contribution in [0.5, 0.6) is 5.88 Å². The summed E-state index contributed by atoms with van der Waals surface area (Å²) in [6.07, 6.45) is 1.99. The lowest BCUT2D eigenvalue weighted by molar-refractivity contribution is 0.404. The highest BCUT2D eigenvalue weighted by Crippen LogP contribution is 2.39. The molecule has 5 heteroatoms. The zero-order chi connectivity index (χ0) is 18.3. The predicted octanol–water partition coefficient (Wildman–Crippen LogP) is 6.24. The third kappa shape index (κ3) is 2.83. The molecule has 0 aliphatic carbocycles. The number of aromatic nitrogens is 1. The number of allylic oxidation sites excluding steroid dienone is 1. The van der Waals surface area contributed by atoms with Crippen LogP contribution in [0.1, 0.15) is 35.9 Å². The van der Waals surface area contributed by atoms with Gasteiger partial charge in [0.05, 0.1) is 16.6 Å². The van der Waals surface area contributed by atoms with Crippen LogP contribution >= 0.6 is 23.6 Å². The largest absolute Gasteiger partial charge is 0.493 e. The van der Waals surface area contributed by atoms with E-state index in [0.29, 0.717) is 3.95 Å². The van der Waals surface area contributed by atoms with E-state index in [0.717, 1.165) is 33.0 Å². The highest BCUT2D eigenvalue weighted by molar-refractivity contribution is 7.73.